The minimum absolute atomic E-state index is 0.376. The Morgan fingerprint density at radius 3 is 2.89 bits per heavy atom. The summed E-state index contributed by atoms with van der Waals surface area (Å²) in [7, 11) is 2.21. The van der Waals surface area contributed by atoms with Crippen molar-refractivity contribution in [1.29, 1.82) is 0 Å². The molecule has 0 bridgehead atoms. The fourth-order valence-electron chi connectivity index (χ4n) is 2.63. The number of aromatic nitrogens is 2. The first kappa shape index (κ1) is 14.3. The van der Waals surface area contributed by atoms with Crippen molar-refractivity contribution in [3.8, 4) is 0 Å². The fourth-order valence-corrected chi connectivity index (χ4v) is 2.63. The lowest BCUT2D eigenvalue weighted by molar-refractivity contribution is 0.217. The number of nitrogens with one attached hydrogen (secondary N) is 1. The minimum Gasteiger partial charge on any atom is -0.370 e. The Morgan fingerprint density at radius 2 is 2.21 bits per heavy atom. The lowest BCUT2D eigenvalue weighted by atomic mass is 9.98. The van der Waals surface area contributed by atoms with Crippen molar-refractivity contribution in [2.45, 2.75) is 39.5 Å². The molecule has 2 rings (SSSR count). The van der Waals surface area contributed by atoms with Gasteiger partial charge in [0.2, 0.25) is 0 Å². The van der Waals surface area contributed by atoms with Crippen molar-refractivity contribution in [2.75, 3.05) is 32.0 Å². The molecule has 0 spiro atoms. The topological polar surface area (TPSA) is 41.0 Å². The second kappa shape index (κ2) is 6.33. The molecular weight excluding hydrogens is 236 g/mol. The first-order valence-electron chi connectivity index (χ1n) is 7.32. The van der Waals surface area contributed by atoms with Crippen LogP contribution in [0.3, 0.4) is 0 Å². The molecule has 1 aromatic rings. The molecule has 0 aliphatic carbocycles. The average Bonchev–Trinajstić information content (AvgIpc) is 2.36. The van der Waals surface area contributed by atoms with Crippen LogP contribution in [0.5, 0.6) is 0 Å². The number of anilines is 1. The Bertz CT molecular complexity index is 417. The van der Waals surface area contributed by atoms with Crippen molar-refractivity contribution in [3.63, 3.8) is 0 Å². The van der Waals surface area contributed by atoms with Gasteiger partial charge in [0.05, 0.1) is 0 Å². The maximum absolute atomic E-state index is 4.60. The number of aryl methyl sites for hydroxylation is 1. The van der Waals surface area contributed by atoms with Crippen LogP contribution in [-0.2, 0) is 0 Å². The Morgan fingerprint density at radius 1 is 1.42 bits per heavy atom. The van der Waals surface area contributed by atoms with Gasteiger partial charge in [-0.1, -0.05) is 13.8 Å². The molecule has 1 saturated heterocycles. The number of piperidine rings is 1. The Kier molecular flexibility index (Phi) is 4.75. The first-order chi connectivity index (χ1) is 9.04. The van der Waals surface area contributed by atoms with Gasteiger partial charge in [0.25, 0.3) is 0 Å². The van der Waals surface area contributed by atoms with Crippen LogP contribution in [0, 0.1) is 12.8 Å². The Labute approximate surface area is 116 Å². The molecule has 4 nitrogen and oxygen atoms in total. The molecule has 2 heterocycles. The number of rotatable bonds is 4. The van der Waals surface area contributed by atoms with Crippen molar-refractivity contribution < 1.29 is 0 Å². The van der Waals surface area contributed by atoms with Crippen LogP contribution >= 0.6 is 0 Å². The van der Waals surface area contributed by atoms with E-state index >= 15 is 0 Å². The maximum Gasteiger partial charge on any atom is 0.133 e. The summed E-state index contributed by atoms with van der Waals surface area (Å²) in [6, 6.07) is 2.04. The van der Waals surface area contributed by atoms with Gasteiger partial charge >= 0.3 is 0 Å². The highest BCUT2D eigenvalue weighted by Crippen LogP contribution is 2.17. The second-order valence-electron chi connectivity index (χ2n) is 6.06. The van der Waals surface area contributed by atoms with Gasteiger partial charge in [0.15, 0.2) is 0 Å². The van der Waals surface area contributed by atoms with E-state index in [4.69, 9.17) is 0 Å². The van der Waals surface area contributed by atoms with E-state index in [9.17, 15) is 0 Å². The molecule has 0 aromatic carbocycles. The maximum atomic E-state index is 4.60. The average molecular weight is 262 g/mol. The molecule has 19 heavy (non-hydrogen) atoms. The van der Waals surface area contributed by atoms with Gasteiger partial charge in [-0.3, -0.25) is 0 Å². The van der Waals surface area contributed by atoms with Crippen LogP contribution in [0.25, 0.3) is 0 Å². The predicted octanol–water partition coefficient (Wildman–Crippen LogP) is 2.66. The third-order valence-electron chi connectivity index (χ3n) is 3.68. The molecule has 0 amide bonds. The molecule has 1 N–H and O–H groups in total. The van der Waals surface area contributed by atoms with E-state index in [0.717, 1.165) is 29.8 Å². The van der Waals surface area contributed by atoms with Crippen LogP contribution in [0.2, 0.25) is 0 Å². The Hall–Kier alpha value is -1.16. The molecule has 1 aliphatic heterocycles. The predicted molar refractivity (Wildman–Crippen MR) is 79.6 cm³/mol. The molecule has 1 atom stereocenters. The van der Waals surface area contributed by atoms with Crippen molar-refractivity contribution in [2.24, 2.45) is 5.92 Å². The molecule has 1 aliphatic rings. The van der Waals surface area contributed by atoms with Crippen LogP contribution in [0.4, 0.5) is 5.82 Å². The van der Waals surface area contributed by atoms with Crippen molar-refractivity contribution in [3.05, 3.63) is 17.6 Å². The lowest BCUT2D eigenvalue weighted by Gasteiger charge is -2.29. The van der Waals surface area contributed by atoms with E-state index < -0.39 is 0 Å². The molecule has 1 unspecified atom stereocenters. The number of likely N-dealkylation sites (tertiary alicyclic amines) is 1. The van der Waals surface area contributed by atoms with Gasteiger partial charge in [-0.2, -0.15) is 0 Å². The molecule has 1 aromatic heterocycles. The summed E-state index contributed by atoms with van der Waals surface area (Å²) in [5.74, 6) is 3.02. The first-order valence-corrected chi connectivity index (χ1v) is 7.32. The van der Waals surface area contributed by atoms with E-state index in [1.807, 2.05) is 13.0 Å². The quantitative estimate of drug-likeness (QED) is 0.905. The monoisotopic (exact) mass is 262 g/mol. The zero-order valence-electron chi connectivity index (χ0n) is 12.6. The highest BCUT2D eigenvalue weighted by atomic mass is 15.1. The Balaban J connectivity index is 1.95. The van der Waals surface area contributed by atoms with Gasteiger partial charge in [0.1, 0.15) is 11.6 Å². The van der Waals surface area contributed by atoms with Crippen LogP contribution < -0.4 is 5.32 Å². The molecular formula is C15H26N4. The number of hydrogen-bond acceptors (Lipinski definition) is 4. The van der Waals surface area contributed by atoms with E-state index in [2.05, 4.69) is 41.1 Å². The summed E-state index contributed by atoms with van der Waals surface area (Å²) >= 11 is 0. The van der Waals surface area contributed by atoms with Crippen molar-refractivity contribution in [1.82, 2.24) is 14.9 Å². The highest BCUT2D eigenvalue weighted by molar-refractivity contribution is 5.36. The third-order valence-corrected chi connectivity index (χ3v) is 3.68. The van der Waals surface area contributed by atoms with E-state index in [1.54, 1.807) is 0 Å². The summed E-state index contributed by atoms with van der Waals surface area (Å²) in [5, 5.41) is 3.49. The molecule has 106 valence electrons. The molecule has 0 radical (unpaired) electrons. The van der Waals surface area contributed by atoms with Crippen LogP contribution in [0.15, 0.2) is 6.07 Å². The molecule has 1 fully saturated rings. The number of hydrogen-bond donors (Lipinski definition) is 1. The van der Waals surface area contributed by atoms with E-state index in [0.29, 0.717) is 5.92 Å². The lowest BCUT2D eigenvalue weighted by Crippen LogP contribution is -2.35. The SMILES string of the molecule is Cc1cc(NCC2CCCN(C)C2)nc(C(C)C)n1. The van der Waals surface area contributed by atoms with Gasteiger partial charge in [0, 0.05) is 30.8 Å². The smallest absolute Gasteiger partial charge is 0.133 e. The zero-order valence-corrected chi connectivity index (χ0v) is 12.6. The van der Waals surface area contributed by atoms with Crippen LogP contribution in [-0.4, -0.2) is 41.5 Å². The van der Waals surface area contributed by atoms with E-state index in [-0.39, 0.29) is 0 Å². The van der Waals surface area contributed by atoms with Gasteiger partial charge < -0.3 is 10.2 Å². The van der Waals surface area contributed by atoms with Crippen molar-refractivity contribution >= 4 is 5.82 Å². The van der Waals surface area contributed by atoms with Gasteiger partial charge in [-0.25, -0.2) is 9.97 Å². The second-order valence-corrected chi connectivity index (χ2v) is 6.06. The summed E-state index contributed by atoms with van der Waals surface area (Å²) in [4.78, 5) is 11.5. The van der Waals surface area contributed by atoms with Gasteiger partial charge in [-0.15, -0.1) is 0 Å². The van der Waals surface area contributed by atoms with Gasteiger partial charge in [-0.05, 0) is 39.3 Å². The summed E-state index contributed by atoms with van der Waals surface area (Å²) in [5.41, 5.74) is 1.04. The summed E-state index contributed by atoms with van der Waals surface area (Å²) in [6.45, 7) is 9.74. The minimum atomic E-state index is 0.376. The third kappa shape index (κ3) is 4.16. The largest absolute Gasteiger partial charge is 0.370 e. The fraction of sp³-hybridized carbons (Fsp3) is 0.733. The summed E-state index contributed by atoms with van der Waals surface area (Å²) < 4.78 is 0. The summed E-state index contributed by atoms with van der Waals surface area (Å²) in [6.07, 6.45) is 2.63. The van der Waals surface area contributed by atoms with Crippen LogP contribution in [0.1, 0.15) is 44.1 Å². The molecule has 0 saturated carbocycles. The normalized spacial score (nSPS) is 20.8. The number of nitrogens with zero attached hydrogens (tertiary/aromatic N) is 3. The highest BCUT2D eigenvalue weighted by Gasteiger charge is 2.17. The van der Waals surface area contributed by atoms with E-state index in [1.165, 1.54) is 25.9 Å². The zero-order chi connectivity index (χ0) is 13.8. The molecule has 4 heteroatoms. The standard InChI is InChI=1S/C15H26N4/c1-11(2)15-17-12(3)8-14(18-15)16-9-13-6-5-7-19(4)10-13/h8,11,13H,5-7,9-10H2,1-4H3,(H,16,17,18).